The van der Waals surface area contributed by atoms with Crippen molar-refractivity contribution in [1.82, 2.24) is 25.4 Å². The van der Waals surface area contributed by atoms with E-state index in [1.807, 2.05) is 30.1 Å². The van der Waals surface area contributed by atoms with Crippen LogP contribution in [0.3, 0.4) is 0 Å². The fourth-order valence-corrected chi connectivity index (χ4v) is 4.05. The Hall–Kier alpha value is -1.89. The summed E-state index contributed by atoms with van der Waals surface area (Å²) in [5.41, 5.74) is 0. The standard InChI is InChI=1S/C17H25N5OS/c1-12(16-18-11-13(2)24-16)10-19-17(23)21-14-6-3-4-7-15(14)22-9-5-8-20-22/h5,8-9,11-12,14-15H,3-4,6-7,10H2,1-2H3,(H2,19,21,23). The number of hydrogen-bond donors (Lipinski definition) is 2. The van der Waals surface area contributed by atoms with Crippen LogP contribution in [-0.4, -0.2) is 33.4 Å². The fourth-order valence-electron chi connectivity index (χ4n) is 3.23. The first-order valence-corrected chi connectivity index (χ1v) is 9.41. The van der Waals surface area contributed by atoms with Gasteiger partial charge in [0.1, 0.15) is 0 Å². The lowest BCUT2D eigenvalue weighted by Crippen LogP contribution is -2.48. The topological polar surface area (TPSA) is 71.8 Å². The van der Waals surface area contributed by atoms with Crippen molar-refractivity contribution in [3.8, 4) is 0 Å². The minimum atomic E-state index is -0.0980. The molecule has 130 valence electrons. The van der Waals surface area contributed by atoms with Crippen LogP contribution < -0.4 is 10.6 Å². The Labute approximate surface area is 146 Å². The van der Waals surface area contributed by atoms with E-state index in [1.54, 1.807) is 17.5 Å². The smallest absolute Gasteiger partial charge is 0.315 e. The number of carbonyl (C=O) groups is 1. The van der Waals surface area contributed by atoms with Crippen molar-refractivity contribution in [1.29, 1.82) is 0 Å². The molecule has 1 saturated carbocycles. The first-order chi connectivity index (χ1) is 11.6. The highest BCUT2D eigenvalue weighted by atomic mass is 32.1. The molecule has 2 heterocycles. The average molecular weight is 347 g/mol. The van der Waals surface area contributed by atoms with Crippen LogP contribution >= 0.6 is 11.3 Å². The third-order valence-electron chi connectivity index (χ3n) is 4.54. The highest BCUT2D eigenvalue weighted by Gasteiger charge is 2.28. The Morgan fingerprint density at radius 1 is 1.46 bits per heavy atom. The second-order valence-electron chi connectivity index (χ2n) is 6.51. The zero-order valence-corrected chi connectivity index (χ0v) is 15.1. The van der Waals surface area contributed by atoms with E-state index in [9.17, 15) is 4.79 Å². The van der Waals surface area contributed by atoms with Gasteiger partial charge in [-0.05, 0) is 25.8 Å². The number of amides is 2. The SMILES string of the molecule is Cc1cnc(C(C)CNC(=O)NC2CCCCC2n2cccn2)s1. The van der Waals surface area contributed by atoms with Gasteiger partial charge in [-0.3, -0.25) is 4.68 Å². The molecule has 2 N–H and O–H groups in total. The molecule has 0 spiro atoms. The van der Waals surface area contributed by atoms with Crippen molar-refractivity contribution in [3.63, 3.8) is 0 Å². The minimum absolute atomic E-state index is 0.0980. The van der Waals surface area contributed by atoms with Gasteiger partial charge in [0.2, 0.25) is 0 Å². The number of hydrogen-bond acceptors (Lipinski definition) is 4. The van der Waals surface area contributed by atoms with E-state index in [0.29, 0.717) is 6.54 Å². The van der Waals surface area contributed by atoms with Crippen molar-refractivity contribution in [2.75, 3.05) is 6.54 Å². The Balaban J connectivity index is 1.51. The van der Waals surface area contributed by atoms with E-state index in [-0.39, 0.29) is 24.0 Å². The number of aryl methyl sites for hydroxylation is 1. The predicted molar refractivity (Wildman–Crippen MR) is 95.3 cm³/mol. The molecular weight excluding hydrogens is 322 g/mol. The maximum atomic E-state index is 12.3. The van der Waals surface area contributed by atoms with Gasteiger partial charge in [-0.15, -0.1) is 11.3 Å². The van der Waals surface area contributed by atoms with Crippen molar-refractivity contribution >= 4 is 17.4 Å². The van der Waals surface area contributed by atoms with Gasteiger partial charge in [0.25, 0.3) is 0 Å². The second kappa shape index (κ2) is 7.79. The largest absolute Gasteiger partial charge is 0.337 e. The average Bonchev–Trinajstić information content (AvgIpc) is 3.25. The van der Waals surface area contributed by atoms with Crippen LogP contribution in [0.4, 0.5) is 4.79 Å². The summed E-state index contributed by atoms with van der Waals surface area (Å²) in [6, 6.07) is 2.22. The number of nitrogens with zero attached hydrogens (tertiary/aromatic N) is 3. The van der Waals surface area contributed by atoms with Crippen LogP contribution in [-0.2, 0) is 0 Å². The van der Waals surface area contributed by atoms with E-state index in [4.69, 9.17) is 0 Å². The minimum Gasteiger partial charge on any atom is -0.337 e. The molecule has 7 heteroatoms. The third kappa shape index (κ3) is 4.14. The Morgan fingerprint density at radius 2 is 2.29 bits per heavy atom. The van der Waals surface area contributed by atoms with Gasteiger partial charge in [0.15, 0.2) is 0 Å². The van der Waals surface area contributed by atoms with Crippen LogP contribution in [0, 0.1) is 6.92 Å². The summed E-state index contributed by atoms with van der Waals surface area (Å²) in [5, 5.41) is 11.6. The van der Waals surface area contributed by atoms with Gasteiger partial charge in [-0.25, -0.2) is 9.78 Å². The highest BCUT2D eigenvalue weighted by Crippen LogP contribution is 2.28. The maximum absolute atomic E-state index is 12.3. The third-order valence-corrected chi connectivity index (χ3v) is 5.68. The molecule has 6 nitrogen and oxygen atoms in total. The first-order valence-electron chi connectivity index (χ1n) is 8.59. The number of urea groups is 1. The molecule has 0 radical (unpaired) electrons. The summed E-state index contributed by atoms with van der Waals surface area (Å²) >= 11 is 1.69. The zero-order valence-electron chi connectivity index (χ0n) is 14.2. The summed E-state index contributed by atoms with van der Waals surface area (Å²) in [5.74, 6) is 0.225. The molecule has 0 bridgehead atoms. The maximum Gasteiger partial charge on any atom is 0.315 e. The lowest BCUT2D eigenvalue weighted by Gasteiger charge is -2.32. The van der Waals surface area contributed by atoms with Gasteiger partial charge in [0.05, 0.1) is 17.1 Å². The Bertz CT molecular complexity index is 654. The zero-order chi connectivity index (χ0) is 16.9. The lowest BCUT2D eigenvalue weighted by atomic mass is 9.90. The van der Waals surface area contributed by atoms with Crippen LogP contribution in [0.5, 0.6) is 0 Å². The molecule has 3 rings (SSSR count). The fraction of sp³-hybridized carbons (Fsp3) is 0.588. The molecule has 3 unspecified atom stereocenters. The molecule has 3 atom stereocenters. The van der Waals surface area contributed by atoms with Crippen molar-refractivity contribution in [2.45, 2.75) is 57.5 Å². The number of carbonyl (C=O) groups excluding carboxylic acids is 1. The first kappa shape index (κ1) is 17.0. The van der Waals surface area contributed by atoms with Gasteiger partial charge in [0, 0.05) is 35.9 Å². The van der Waals surface area contributed by atoms with Crippen LogP contribution in [0.25, 0.3) is 0 Å². The summed E-state index contributed by atoms with van der Waals surface area (Å²) in [6.45, 7) is 4.73. The molecule has 1 fully saturated rings. The molecule has 1 aliphatic rings. The van der Waals surface area contributed by atoms with E-state index in [2.05, 4.69) is 27.6 Å². The quantitative estimate of drug-likeness (QED) is 0.872. The van der Waals surface area contributed by atoms with Crippen molar-refractivity contribution < 1.29 is 4.79 Å². The van der Waals surface area contributed by atoms with Gasteiger partial charge < -0.3 is 10.6 Å². The van der Waals surface area contributed by atoms with E-state index < -0.39 is 0 Å². The van der Waals surface area contributed by atoms with Gasteiger partial charge in [-0.1, -0.05) is 19.8 Å². The Morgan fingerprint density at radius 3 is 3.00 bits per heavy atom. The monoisotopic (exact) mass is 347 g/mol. The molecule has 0 saturated heterocycles. The van der Waals surface area contributed by atoms with E-state index in [1.165, 1.54) is 11.3 Å². The molecule has 0 aliphatic heterocycles. The van der Waals surface area contributed by atoms with Gasteiger partial charge >= 0.3 is 6.03 Å². The van der Waals surface area contributed by atoms with Crippen LogP contribution in [0.1, 0.15) is 54.5 Å². The molecule has 2 amide bonds. The van der Waals surface area contributed by atoms with Crippen molar-refractivity contribution in [3.05, 3.63) is 34.5 Å². The second-order valence-corrected chi connectivity index (χ2v) is 7.78. The van der Waals surface area contributed by atoms with E-state index in [0.717, 1.165) is 24.3 Å². The van der Waals surface area contributed by atoms with Gasteiger partial charge in [-0.2, -0.15) is 5.10 Å². The van der Waals surface area contributed by atoms with Crippen LogP contribution in [0.2, 0.25) is 0 Å². The summed E-state index contributed by atoms with van der Waals surface area (Å²) in [7, 11) is 0. The Kier molecular flexibility index (Phi) is 5.50. The number of thiazole rings is 1. The molecular formula is C17H25N5OS. The highest BCUT2D eigenvalue weighted by molar-refractivity contribution is 7.11. The summed E-state index contributed by atoms with van der Waals surface area (Å²) in [6.07, 6.45) is 10.1. The molecule has 2 aromatic heterocycles. The molecule has 2 aromatic rings. The number of rotatable bonds is 5. The number of nitrogens with one attached hydrogen (secondary N) is 2. The molecule has 24 heavy (non-hydrogen) atoms. The number of aromatic nitrogens is 3. The predicted octanol–water partition coefficient (Wildman–Crippen LogP) is 3.23. The molecule has 1 aliphatic carbocycles. The van der Waals surface area contributed by atoms with Crippen molar-refractivity contribution in [2.24, 2.45) is 0 Å². The van der Waals surface area contributed by atoms with E-state index >= 15 is 0 Å². The summed E-state index contributed by atoms with van der Waals surface area (Å²) in [4.78, 5) is 17.9. The molecule has 0 aromatic carbocycles. The lowest BCUT2D eigenvalue weighted by molar-refractivity contribution is 0.213. The summed E-state index contributed by atoms with van der Waals surface area (Å²) < 4.78 is 1.98. The van der Waals surface area contributed by atoms with Crippen LogP contribution in [0.15, 0.2) is 24.7 Å². The normalized spacial score (nSPS) is 22.1.